The number of hydrogen-bond acceptors (Lipinski definition) is 8. The van der Waals surface area contributed by atoms with Gasteiger partial charge in [0.1, 0.15) is 23.8 Å². The van der Waals surface area contributed by atoms with Crippen LogP contribution in [-0.4, -0.2) is 60.0 Å². The van der Waals surface area contributed by atoms with Crippen LogP contribution in [0.2, 0.25) is 0 Å². The second kappa shape index (κ2) is 6.96. The van der Waals surface area contributed by atoms with E-state index in [0.29, 0.717) is 23.4 Å². The Hall–Kier alpha value is -2.59. The van der Waals surface area contributed by atoms with Crippen molar-refractivity contribution in [1.82, 2.24) is 19.7 Å². The van der Waals surface area contributed by atoms with Crippen molar-refractivity contribution in [2.75, 3.05) is 11.9 Å². The number of aliphatic hydroxyl groups is 3. The largest absolute Gasteiger partial charge is 0.394 e. The van der Waals surface area contributed by atoms with Crippen molar-refractivity contribution in [3.63, 3.8) is 0 Å². The molecule has 0 bridgehead atoms. The Morgan fingerprint density at radius 2 is 1.96 bits per heavy atom. The molecule has 0 saturated carbocycles. The van der Waals surface area contributed by atoms with Crippen LogP contribution in [0, 0.1) is 0 Å². The van der Waals surface area contributed by atoms with Crippen LogP contribution in [0.1, 0.15) is 11.8 Å². The van der Waals surface area contributed by atoms with Crippen LogP contribution in [0.25, 0.3) is 11.0 Å². The standard InChI is InChI=1S/C17H19N5O4/c23-8-12-14(24)15(25)17(26-12)22-9-19-13-11(22)7-20-21-16(13)18-6-10-4-2-1-3-5-10/h1-5,7,9,12,14-15,17,23-25H,6,8H2,(H,18,21)/t12-,14-,15-,17?/m1/s1. The van der Waals surface area contributed by atoms with Gasteiger partial charge in [0.05, 0.1) is 24.6 Å². The highest BCUT2D eigenvalue weighted by atomic mass is 16.6. The number of aliphatic hydroxyl groups excluding tert-OH is 3. The zero-order valence-electron chi connectivity index (χ0n) is 13.8. The number of aromatic nitrogens is 4. The van der Waals surface area contributed by atoms with Gasteiger partial charge in [-0.25, -0.2) is 4.98 Å². The van der Waals surface area contributed by atoms with E-state index in [2.05, 4.69) is 20.5 Å². The van der Waals surface area contributed by atoms with Crippen LogP contribution < -0.4 is 5.32 Å². The Morgan fingerprint density at radius 1 is 1.15 bits per heavy atom. The van der Waals surface area contributed by atoms with Gasteiger partial charge in [-0.2, -0.15) is 5.10 Å². The minimum Gasteiger partial charge on any atom is -0.394 e. The summed E-state index contributed by atoms with van der Waals surface area (Å²) >= 11 is 0. The summed E-state index contributed by atoms with van der Waals surface area (Å²) in [6.45, 7) is 0.181. The van der Waals surface area contributed by atoms with E-state index in [1.54, 1.807) is 4.57 Å². The summed E-state index contributed by atoms with van der Waals surface area (Å²) in [6.07, 6.45) is -1.05. The fourth-order valence-corrected chi connectivity index (χ4v) is 3.08. The molecule has 4 atom stereocenters. The summed E-state index contributed by atoms with van der Waals surface area (Å²) in [5.74, 6) is 0.511. The summed E-state index contributed by atoms with van der Waals surface area (Å²) in [4.78, 5) is 4.35. The lowest BCUT2D eigenvalue weighted by molar-refractivity contribution is -0.0509. The highest BCUT2D eigenvalue weighted by Crippen LogP contribution is 2.32. The Labute approximate surface area is 148 Å². The van der Waals surface area contributed by atoms with Crippen molar-refractivity contribution in [2.45, 2.75) is 31.1 Å². The van der Waals surface area contributed by atoms with Gasteiger partial charge in [-0.15, -0.1) is 5.10 Å². The van der Waals surface area contributed by atoms with Gasteiger partial charge in [0.25, 0.3) is 0 Å². The molecule has 0 amide bonds. The molecule has 136 valence electrons. The minimum atomic E-state index is -1.18. The topological polar surface area (TPSA) is 126 Å². The van der Waals surface area contributed by atoms with Crippen LogP contribution in [0.15, 0.2) is 42.9 Å². The molecule has 1 aromatic carbocycles. The van der Waals surface area contributed by atoms with E-state index in [-0.39, 0.29) is 6.61 Å². The zero-order chi connectivity index (χ0) is 18.1. The normalized spacial score (nSPS) is 25.7. The van der Waals surface area contributed by atoms with Gasteiger partial charge in [-0.1, -0.05) is 30.3 Å². The molecule has 26 heavy (non-hydrogen) atoms. The molecule has 9 nitrogen and oxygen atoms in total. The monoisotopic (exact) mass is 357 g/mol. The van der Waals surface area contributed by atoms with Crippen molar-refractivity contribution in [3.8, 4) is 0 Å². The van der Waals surface area contributed by atoms with Crippen LogP contribution >= 0.6 is 0 Å². The third kappa shape index (κ3) is 2.90. The molecule has 9 heteroatoms. The Balaban J connectivity index is 1.61. The number of rotatable bonds is 5. The first-order valence-electron chi connectivity index (χ1n) is 8.27. The number of benzene rings is 1. The molecule has 3 heterocycles. The summed E-state index contributed by atoms with van der Waals surface area (Å²) in [6, 6.07) is 9.86. The lowest BCUT2D eigenvalue weighted by atomic mass is 10.1. The fourth-order valence-electron chi connectivity index (χ4n) is 3.08. The van der Waals surface area contributed by atoms with E-state index in [0.717, 1.165) is 5.56 Å². The number of imidazole rings is 1. The maximum atomic E-state index is 10.2. The van der Waals surface area contributed by atoms with Crippen molar-refractivity contribution < 1.29 is 20.1 Å². The molecule has 1 saturated heterocycles. The van der Waals surface area contributed by atoms with E-state index in [1.165, 1.54) is 12.5 Å². The van der Waals surface area contributed by atoms with Crippen molar-refractivity contribution >= 4 is 16.9 Å². The minimum absolute atomic E-state index is 0.384. The summed E-state index contributed by atoms with van der Waals surface area (Å²) in [7, 11) is 0. The van der Waals surface area contributed by atoms with Crippen LogP contribution in [-0.2, 0) is 11.3 Å². The molecule has 0 radical (unpaired) electrons. The number of fused-ring (bicyclic) bond motifs is 1. The molecule has 2 aromatic heterocycles. The Bertz CT molecular complexity index is 887. The first-order chi connectivity index (χ1) is 12.7. The van der Waals surface area contributed by atoms with Crippen molar-refractivity contribution in [2.24, 2.45) is 0 Å². The first kappa shape index (κ1) is 16.9. The van der Waals surface area contributed by atoms with Gasteiger partial charge in [-0.3, -0.25) is 4.57 Å². The van der Waals surface area contributed by atoms with E-state index in [9.17, 15) is 15.3 Å². The van der Waals surface area contributed by atoms with Gasteiger partial charge < -0.3 is 25.4 Å². The SMILES string of the molecule is OC[C@H]1OC(n2cnc3c(NCc4ccccc4)nncc32)[C@H](O)[C@@H]1O. The highest BCUT2D eigenvalue weighted by Gasteiger charge is 2.43. The molecule has 4 N–H and O–H groups in total. The van der Waals surface area contributed by atoms with Gasteiger partial charge in [0.15, 0.2) is 12.0 Å². The molecule has 0 spiro atoms. The molecule has 1 fully saturated rings. The maximum Gasteiger partial charge on any atom is 0.177 e. The predicted octanol–water partition coefficient (Wildman–Crippen LogP) is 0.0499. The number of ether oxygens (including phenoxy) is 1. The lowest BCUT2D eigenvalue weighted by Gasteiger charge is -2.17. The fraction of sp³-hybridized carbons (Fsp3) is 0.353. The molecule has 1 aliphatic rings. The van der Waals surface area contributed by atoms with Gasteiger partial charge >= 0.3 is 0 Å². The van der Waals surface area contributed by atoms with Gasteiger partial charge in [0, 0.05) is 6.54 Å². The van der Waals surface area contributed by atoms with Crippen LogP contribution in [0.5, 0.6) is 0 Å². The Kier molecular flexibility index (Phi) is 4.51. The number of anilines is 1. The lowest BCUT2D eigenvalue weighted by Crippen LogP contribution is -2.33. The van der Waals surface area contributed by atoms with Gasteiger partial charge in [-0.05, 0) is 5.56 Å². The summed E-state index contributed by atoms with van der Waals surface area (Å²) < 4.78 is 7.15. The smallest absolute Gasteiger partial charge is 0.177 e. The number of nitrogens with zero attached hydrogens (tertiary/aromatic N) is 4. The first-order valence-corrected chi connectivity index (χ1v) is 8.27. The van der Waals surface area contributed by atoms with Gasteiger partial charge in [0.2, 0.25) is 0 Å². The van der Waals surface area contributed by atoms with E-state index in [1.807, 2.05) is 30.3 Å². The molecular weight excluding hydrogens is 338 g/mol. The number of nitrogens with one attached hydrogen (secondary N) is 1. The van der Waals surface area contributed by atoms with E-state index >= 15 is 0 Å². The summed E-state index contributed by atoms with van der Waals surface area (Å²) in [5, 5.41) is 40.7. The molecular formula is C17H19N5O4. The average molecular weight is 357 g/mol. The van der Waals surface area contributed by atoms with E-state index < -0.39 is 24.5 Å². The molecule has 1 aliphatic heterocycles. The highest BCUT2D eigenvalue weighted by molar-refractivity contribution is 5.85. The second-order valence-electron chi connectivity index (χ2n) is 6.15. The molecule has 0 aliphatic carbocycles. The third-order valence-electron chi connectivity index (χ3n) is 4.49. The Morgan fingerprint density at radius 3 is 2.69 bits per heavy atom. The maximum absolute atomic E-state index is 10.2. The molecule has 3 aromatic rings. The van der Waals surface area contributed by atoms with Crippen molar-refractivity contribution in [3.05, 3.63) is 48.4 Å². The van der Waals surface area contributed by atoms with Crippen molar-refractivity contribution in [1.29, 1.82) is 0 Å². The van der Waals surface area contributed by atoms with Crippen LogP contribution in [0.4, 0.5) is 5.82 Å². The summed E-state index contributed by atoms with van der Waals surface area (Å²) in [5.41, 5.74) is 2.27. The van der Waals surface area contributed by atoms with E-state index in [4.69, 9.17) is 4.74 Å². The molecule has 1 unspecified atom stereocenters. The zero-order valence-corrected chi connectivity index (χ0v) is 13.8. The third-order valence-corrected chi connectivity index (χ3v) is 4.49. The molecule has 4 rings (SSSR count). The predicted molar refractivity (Wildman–Crippen MR) is 92.1 cm³/mol. The number of hydrogen-bond donors (Lipinski definition) is 4. The average Bonchev–Trinajstić information content (AvgIpc) is 3.23. The second-order valence-corrected chi connectivity index (χ2v) is 6.15. The van der Waals surface area contributed by atoms with Crippen LogP contribution in [0.3, 0.4) is 0 Å². The quantitative estimate of drug-likeness (QED) is 0.505.